The third kappa shape index (κ3) is 2.68. The molecular weight excluding hydrogens is 340 g/mol. The zero-order valence-corrected chi connectivity index (χ0v) is 15.8. The topological polar surface area (TPSA) is 40.5 Å². The lowest BCUT2D eigenvalue weighted by Gasteiger charge is -2.48. The van der Waals surface area contributed by atoms with Crippen LogP contribution in [0, 0.1) is 5.92 Å². The van der Waals surface area contributed by atoms with Crippen molar-refractivity contribution in [2.24, 2.45) is 5.92 Å². The molecule has 2 N–H and O–H groups in total. The lowest BCUT2D eigenvalue weighted by atomic mass is 9.62. The Morgan fingerprint density at radius 1 is 0.962 bits per heavy atom. The highest BCUT2D eigenvalue weighted by molar-refractivity contribution is 8.01. The average Bonchev–Trinajstić information content (AvgIpc) is 3.43. The number of phenols is 1. The van der Waals surface area contributed by atoms with E-state index in [4.69, 9.17) is 0 Å². The molecule has 2 nitrogen and oxygen atoms in total. The minimum absolute atomic E-state index is 0.00610. The van der Waals surface area contributed by atoms with Crippen LogP contribution in [0.25, 0.3) is 0 Å². The summed E-state index contributed by atoms with van der Waals surface area (Å²) >= 11 is 1.90. The highest BCUT2D eigenvalue weighted by atomic mass is 32.2. The number of hydrogen-bond acceptors (Lipinski definition) is 3. The van der Waals surface area contributed by atoms with Crippen molar-refractivity contribution in [1.82, 2.24) is 0 Å². The summed E-state index contributed by atoms with van der Waals surface area (Å²) in [6, 6.07) is 16.4. The van der Waals surface area contributed by atoms with Gasteiger partial charge in [-0.1, -0.05) is 24.3 Å². The Bertz CT molecular complexity index is 814. The fourth-order valence-electron chi connectivity index (χ4n) is 5.38. The highest BCUT2D eigenvalue weighted by Crippen LogP contribution is 2.64. The Kier molecular flexibility index (Phi) is 3.88. The number of rotatable bonds is 3. The van der Waals surface area contributed by atoms with Gasteiger partial charge >= 0.3 is 0 Å². The fraction of sp³-hybridized carbons (Fsp3) is 0.478. The van der Waals surface area contributed by atoms with Gasteiger partial charge in [0.25, 0.3) is 0 Å². The second kappa shape index (κ2) is 6.03. The highest BCUT2D eigenvalue weighted by Gasteiger charge is 2.61. The Hall–Kier alpha value is -1.45. The maximum Gasteiger partial charge on any atom is 0.115 e. The van der Waals surface area contributed by atoms with Gasteiger partial charge in [-0.3, -0.25) is 0 Å². The van der Waals surface area contributed by atoms with Crippen molar-refractivity contribution in [1.29, 1.82) is 0 Å². The standard InChI is InChI=1S/C23H26O2S/c24-18-8-9-20-17(14-18)7-6-16-10-11-22(25,15-21(16)20)23(12-13-23)26-19-4-2-1-3-5-19/h1-5,8-9,14,16,21,24-25H,6-7,10-13,15H2/t16?,21?,22-/m0/s1. The van der Waals surface area contributed by atoms with Crippen LogP contribution in [0.3, 0.4) is 0 Å². The minimum Gasteiger partial charge on any atom is -0.508 e. The van der Waals surface area contributed by atoms with Gasteiger partial charge in [0.1, 0.15) is 5.75 Å². The molecule has 0 spiro atoms. The zero-order chi connectivity index (χ0) is 17.8. The van der Waals surface area contributed by atoms with Gasteiger partial charge in [0.05, 0.1) is 5.60 Å². The summed E-state index contributed by atoms with van der Waals surface area (Å²) in [4.78, 5) is 1.27. The molecule has 0 saturated heterocycles. The number of hydrogen-bond donors (Lipinski definition) is 2. The maximum absolute atomic E-state index is 11.8. The molecule has 26 heavy (non-hydrogen) atoms. The molecule has 0 radical (unpaired) electrons. The van der Waals surface area contributed by atoms with Gasteiger partial charge in [-0.25, -0.2) is 0 Å². The second-order valence-corrected chi connectivity index (χ2v) is 9.93. The number of phenolic OH excluding ortho intramolecular Hbond substituents is 1. The predicted molar refractivity (Wildman–Crippen MR) is 106 cm³/mol. The number of benzene rings is 2. The number of fused-ring (bicyclic) bond motifs is 3. The monoisotopic (exact) mass is 366 g/mol. The van der Waals surface area contributed by atoms with E-state index in [2.05, 4.69) is 36.4 Å². The molecule has 2 fully saturated rings. The van der Waals surface area contributed by atoms with Gasteiger partial charge in [-0.05, 0) is 92.2 Å². The fourth-order valence-corrected chi connectivity index (χ4v) is 6.81. The second-order valence-electron chi connectivity index (χ2n) is 8.47. The lowest BCUT2D eigenvalue weighted by molar-refractivity contribution is -0.0298. The summed E-state index contributed by atoms with van der Waals surface area (Å²) in [5, 5.41) is 21.6. The van der Waals surface area contributed by atoms with E-state index in [0.29, 0.717) is 17.6 Å². The summed E-state index contributed by atoms with van der Waals surface area (Å²) in [5.41, 5.74) is 2.08. The summed E-state index contributed by atoms with van der Waals surface area (Å²) < 4.78 is -0.00610. The van der Waals surface area contributed by atoms with E-state index in [1.807, 2.05) is 23.9 Å². The first-order valence-electron chi connectivity index (χ1n) is 9.87. The first-order chi connectivity index (χ1) is 12.6. The molecule has 0 amide bonds. The molecule has 3 aliphatic rings. The van der Waals surface area contributed by atoms with Gasteiger partial charge < -0.3 is 10.2 Å². The van der Waals surface area contributed by atoms with Crippen molar-refractivity contribution in [2.45, 2.75) is 66.1 Å². The zero-order valence-electron chi connectivity index (χ0n) is 15.0. The van der Waals surface area contributed by atoms with Crippen molar-refractivity contribution in [3.63, 3.8) is 0 Å². The van der Waals surface area contributed by atoms with Crippen LogP contribution in [-0.4, -0.2) is 20.6 Å². The van der Waals surface area contributed by atoms with E-state index in [1.54, 1.807) is 0 Å². The summed E-state index contributed by atoms with van der Waals surface area (Å²) in [6.45, 7) is 0. The first-order valence-corrected chi connectivity index (χ1v) is 10.7. The molecule has 3 atom stereocenters. The van der Waals surface area contributed by atoms with Crippen LogP contribution in [0.4, 0.5) is 0 Å². The third-order valence-corrected chi connectivity index (χ3v) is 8.66. The number of aliphatic hydroxyl groups is 1. The molecule has 2 aromatic rings. The quantitative estimate of drug-likeness (QED) is 0.776. The van der Waals surface area contributed by atoms with Crippen molar-refractivity contribution in [3.8, 4) is 5.75 Å². The Labute approximate surface area is 159 Å². The predicted octanol–water partition coefficient (Wildman–Crippen LogP) is 5.28. The summed E-state index contributed by atoms with van der Waals surface area (Å²) in [5.74, 6) is 1.49. The van der Waals surface area contributed by atoms with Crippen LogP contribution in [0.5, 0.6) is 5.75 Å². The van der Waals surface area contributed by atoms with Gasteiger partial charge in [0, 0.05) is 9.64 Å². The van der Waals surface area contributed by atoms with Crippen LogP contribution in [0.15, 0.2) is 53.4 Å². The minimum atomic E-state index is -0.582. The van der Waals surface area contributed by atoms with Crippen molar-refractivity contribution >= 4 is 11.8 Å². The first kappa shape index (κ1) is 16.7. The van der Waals surface area contributed by atoms with Crippen LogP contribution < -0.4 is 0 Å². The number of aromatic hydroxyl groups is 1. The van der Waals surface area contributed by atoms with Crippen molar-refractivity contribution in [2.75, 3.05) is 0 Å². The van der Waals surface area contributed by atoms with Crippen molar-refractivity contribution < 1.29 is 10.2 Å². The van der Waals surface area contributed by atoms with Crippen LogP contribution in [0.1, 0.15) is 55.6 Å². The molecule has 5 rings (SSSR count). The lowest BCUT2D eigenvalue weighted by Crippen LogP contribution is -2.48. The number of aryl methyl sites for hydroxylation is 1. The Balaban J connectivity index is 1.44. The normalized spacial score (nSPS) is 31.7. The molecule has 0 aliphatic heterocycles. The summed E-state index contributed by atoms with van der Waals surface area (Å²) in [7, 11) is 0. The van der Waals surface area contributed by atoms with Gasteiger partial charge in [-0.2, -0.15) is 0 Å². The largest absolute Gasteiger partial charge is 0.508 e. The van der Waals surface area contributed by atoms with Gasteiger partial charge in [0.15, 0.2) is 0 Å². The molecule has 136 valence electrons. The molecule has 3 heteroatoms. The van der Waals surface area contributed by atoms with Crippen LogP contribution in [0.2, 0.25) is 0 Å². The molecule has 2 saturated carbocycles. The Morgan fingerprint density at radius 3 is 2.54 bits per heavy atom. The molecule has 2 unspecified atom stereocenters. The van der Waals surface area contributed by atoms with Crippen molar-refractivity contribution in [3.05, 3.63) is 59.7 Å². The van der Waals surface area contributed by atoms with E-state index >= 15 is 0 Å². The van der Waals surface area contributed by atoms with E-state index in [9.17, 15) is 10.2 Å². The van der Waals surface area contributed by atoms with Crippen LogP contribution >= 0.6 is 11.8 Å². The average molecular weight is 367 g/mol. The molecule has 2 aromatic carbocycles. The van der Waals surface area contributed by atoms with Crippen LogP contribution in [-0.2, 0) is 6.42 Å². The molecule has 0 heterocycles. The van der Waals surface area contributed by atoms with E-state index in [1.165, 1.54) is 22.4 Å². The molecule has 0 bridgehead atoms. The maximum atomic E-state index is 11.8. The smallest absolute Gasteiger partial charge is 0.115 e. The Morgan fingerprint density at radius 2 is 1.77 bits per heavy atom. The van der Waals surface area contributed by atoms with Gasteiger partial charge in [-0.15, -0.1) is 11.8 Å². The van der Waals surface area contributed by atoms with Gasteiger partial charge in [0.2, 0.25) is 0 Å². The van der Waals surface area contributed by atoms with E-state index in [0.717, 1.165) is 38.5 Å². The third-order valence-electron chi connectivity index (χ3n) is 6.97. The summed E-state index contributed by atoms with van der Waals surface area (Å²) in [6.07, 6.45) is 7.41. The SMILES string of the molecule is Oc1ccc2c(c1)CCC1CC[C@@](O)(C3(Sc4ccccc4)CC3)CC21. The van der Waals surface area contributed by atoms with E-state index < -0.39 is 5.60 Å². The number of thioether (sulfide) groups is 1. The van der Waals surface area contributed by atoms with E-state index in [-0.39, 0.29) is 4.75 Å². The molecular formula is C23H26O2S. The molecule has 3 aliphatic carbocycles. The molecule has 0 aromatic heterocycles.